The van der Waals surface area contributed by atoms with Gasteiger partial charge in [-0.15, -0.1) is 10.2 Å². The molecule has 0 unspecified atom stereocenters. The molecule has 2 aromatic rings. The van der Waals surface area contributed by atoms with Gasteiger partial charge in [0.05, 0.1) is 23.9 Å². The molecule has 0 radical (unpaired) electrons. The fourth-order valence-electron chi connectivity index (χ4n) is 3.61. The van der Waals surface area contributed by atoms with Crippen molar-refractivity contribution < 1.29 is 4.74 Å². The molecule has 3 heterocycles. The maximum absolute atomic E-state index is 5.60. The second-order valence-electron chi connectivity index (χ2n) is 6.60. The minimum Gasteiger partial charge on any atom is -0.380 e. The summed E-state index contributed by atoms with van der Waals surface area (Å²) in [5.41, 5.74) is 1.10. The molecule has 2 aromatic heterocycles. The fraction of sp³-hybridized carbons (Fsp3) is 0.706. The summed E-state index contributed by atoms with van der Waals surface area (Å²) in [6.07, 6.45) is 7.25. The Balaban J connectivity index is 1.76. The summed E-state index contributed by atoms with van der Waals surface area (Å²) in [4.78, 5) is 2.40. The molecule has 0 bridgehead atoms. The summed E-state index contributed by atoms with van der Waals surface area (Å²) in [7, 11) is 3.78. The molecule has 0 saturated carbocycles. The van der Waals surface area contributed by atoms with Crippen LogP contribution in [0.4, 0.5) is 0 Å². The van der Waals surface area contributed by atoms with Crippen LogP contribution in [0.2, 0.25) is 0 Å². The number of rotatable bonds is 7. The smallest absolute Gasteiger partial charge is 0.150 e. The van der Waals surface area contributed by atoms with Gasteiger partial charge >= 0.3 is 0 Å². The Morgan fingerprint density at radius 1 is 1.33 bits per heavy atom. The van der Waals surface area contributed by atoms with E-state index in [-0.39, 0.29) is 12.1 Å². The Hall–Kier alpha value is -1.73. The van der Waals surface area contributed by atoms with E-state index in [2.05, 4.69) is 45.9 Å². The van der Waals surface area contributed by atoms with E-state index in [9.17, 15) is 0 Å². The van der Waals surface area contributed by atoms with Crippen molar-refractivity contribution in [1.29, 1.82) is 0 Å². The number of methoxy groups -OCH3 is 1. The van der Waals surface area contributed by atoms with Gasteiger partial charge in [-0.3, -0.25) is 9.58 Å². The number of aryl methyl sites for hydroxylation is 1. The molecule has 0 aliphatic carbocycles. The lowest BCUT2D eigenvalue weighted by atomic mass is 10.2. The first-order valence-corrected chi connectivity index (χ1v) is 8.81. The van der Waals surface area contributed by atoms with Gasteiger partial charge in [0.25, 0.3) is 0 Å². The first-order chi connectivity index (χ1) is 11.7. The summed E-state index contributed by atoms with van der Waals surface area (Å²) in [6.45, 7) is 6.13. The number of ether oxygens (including phenoxy) is 1. The van der Waals surface area contributed by atoms with E-state index in [1.807, 2.05) is 11.6 Å². The highest BCUT2D eigenvalue weighted by Gasteiger charge is 2.36. The SMILES string of the molecule is CCC(CC)n1ccc(CN2C[C@H](OC)C[C@H]2c2nncn2C)n1. The van der Waals surface area contributed by atoms with Crippen molar-refractivity contribution in [1.82, 2.24) is 29.4 Å². The molecule has 2 atom stereocenters. The molecule has 3 rings (SSSR count). The number of aromatic nitrogens is 5. The number of hydrogen-bond donors (Lipinski definition) is 0. The summed E-state index contributed by atoms with van der Waals surface area (Å²) >= 11 is 0. The molecule has 7 heteroatoms. The minimum absolute atomic E-state index is 0.223. The van der Waals surface area contributed by atoms with Crippen molar-refractivity contribution in [3.63, 3.8) is 0 Å². The van der Waals surface area contributed by atoms with Crippen LogP contribution in [0.15, 0.2) is 18.6 Å². The first-order valence-electron chi connectivity index (χ1n) is 8.81. The zero-order valence-electron chi connectivity index (χ0n) is 15.1. The van der Waals surface area contributed by atoms with Gasteiger partial charge < -0.3 is 9.30 Å². The van der Waals surface area contributed by atoms with Crippen molar-refractivity contribution in [3.8, 4) is 0 Å². The van der Waals surface area contributed by atoms with Crippen LogP contribution in [0.5, 0.6) is 0 Å². The lowest BCUT2D eigenvalue weighted by molar-refractivity contribution is 0.107. The van der Waals surface area contributed by atoms with E-state index in [1.54, 1.807) is 13.4 Å². The highest BCUT2D eigenvalue weighted by molar-refractivity contribution is 5.06. The highest BCUT2D eigenvalue weighted by atomic mass is 16.5. The van der Waals surface area contributed by atoms with Gasteiger partial charge in [-0.2, -0.15) is 5.10 Å². The van der Waals surface area contributed by atoms with Crippen LogP contribution in [0, 0.1) is 0 Å². The van der Waals surface area contributed by atoms with Crippen molar-refractivity contribution in [2.24, 2.45) is 7.05 Å². The van der Waals surface area contributed by atoms with Crippen molar-refractivity contribution >= 4 is 0 Å². The van der Waals surface area contributed by atoms with E-state index in [0.29, 0.717) is 6.04 Å². The molecule has 7 nitrogen and oxygen atoms in total. The van der Waals surface area contributed by atoms with Crippen LogP contribution in [0.1, 0.15) is 56.7 Å². The summed E-state index contributed by atoms with van der Waals surface area (Å²) < 4.78 is 9.71. The Bertz CT molecular complexity index is 647. The molecule has 0 amide bonds. The van der Waals surface area contributed by atoms with Crippen LogP contribution in [0.3, 0.4) is 0 Å². The number of nitrogens with zero attached hydrogens (tertiary/aromatic N) is 6. The maximum Gasteiger partial charge on any atom is 0.150 e. The fourth-order valence-corrected chi connectivity index (χ4v) is 3.61. The van der Waals surface area contributed by atoms with Gasteiger partial charge in [0.1, 0.15) is 12.2 Å². The van der Waals surface area contributed by atoms with E-state index < -0.39 is 0 Å². The normalized spacial score (nSPS) is 21.9. The largest absolute Gasteiger partial charge is 0.380 e. The molecular formula is C17H28N6O. The summed E-state index contributed by atoms with van der Waals surface area (Å²) in [5.74, 6) is 0.994. The van der Waals surface area contributed by atoms with E-state index in [0.717, 1.165) is 43.9 Å². The predicted octanol–water partition coefficient (Wildman–Crippen LogP) is 2.33. The van der Waals surface area contributed by atoms with Crippen molar-refractivity contribution in [2.45, 2.75) is 57.8 Å². The van der Waals surface area contributed by atoms with Gasteiger partial charge in [-0.05, 0) is 25.3 Å². The van der Waals surface area contributed by atoms with Crippen LogP contribution in [-0.2, 0) is 18.3 Å². The summed E-state index contributed by atoms with van der Waals surface area (Å²) in [5, 5.41) is 13.1. The van der Waals surface area contributed by atoms with Gasteiger partial charge in [-0.25, -0.2) is 0 Å². The number of hydrogen-bond acceptors (Lipinski definition) is 5. The third kappa shape index (κ3) is 3.37. The van der Waals surface area contributed by atoms with Gasteiger partial charge in [-0.1, -0.05) is 13.8 Å². The number of likely N-dealkylation sites (tertiary alicyclic amines) is 1. The van der Waals surface area contributed by atoms with Crippen molar-refractivity contribution in [2.75, 3.05) is 13.7 Å². The molecule has 1 saturated heterocycles. The van der Waals surface area contributed by atoms with Crippen LogP contribution in [0.25, 0.3) is 0 Å². The monoisotopic (exact) mass is 332 g/mol. The van der Waals surface area contributed by atoms with Crippen LogP contribution < -0.4 is 0 Å². The molecule has 0 N–H and O–H groups in total. The molecule has 0 aromatic carbocycles. The van der Waals surface area contributed by atoms with Crippen LogP contribution in [-0.4, -0.2) is 49.2 Å². The van der Waals surface area contributed by atoms with Gasteiger partial charge in [0.15, 0.2) is 0 Å². The molecular weight excluding hydrogens is 304 g/mol. The second-order valence-corrected chi connectivity index (χ2v) is 6.60. The zero-order valence-corrected chi connectivity index (χ0v) is 15.1. The zero-order chi connectivity index (χ0) is 17.1. The highest BCUT2D eigenvalue weighted by Crippen LogP contribution is 2.33. The molecule has 1 fully saturated rings. The van der Waals surface area contributed by atoms with E-state index in [1.165, 1.54) is 0 Å². The topological polar surface area (TPSA) is 61.0 Å². The van der Waals surface area contributed by atoms with Gasteiger partial charge in [0, 0.05) is 33.4 Å². The Morgan fingerprint density at radius 3 is 2.75 bits per heavy atom. The predicted molar refractivity (Wildman–Crippen MR) is 91.4 cm³/mol. The maximum atomic E-state index is 5.60. The lowest BCUT2D eigenvalue weighted by Gasteiger charge is -2.22. The second kappa shape index (κ2) is 7.44. The lowest BCUT2D eigenvalue weighted by Crippen LogP contribution is -2.26. The Labute approximate surface area is 143 Å². The average molecular weight is 332 g/mol. The third-order valence-corrected chi connectivity index (χ3v) is 5.09. The first kappa shape index (κ1) is 17.1. The molecule has 24 heavy (non-hydrogen) atoms. The average Bonchev–Trinajstić information content (AvgIpc) is 3.29. The Morgan fingerprint density at radius 2 is 2.12 bits per heavy atom. The molecule has 1 aliphatic heterocycles. The van der Waals surface area contributed by atoms with Crippen molar-refractivity contribution in [3.05, 3.63) is 30.1 Å². The van der Waals surface area contributed by atoms with E-state index in [4.69, 9.17) is 9.84 Å². The molecule has 0 spiro atoms. The molecule has 1 aliphatic rings. The third-order valence-electron chi connectivity index (χ3n) is 5.09. The van der Waals surface area contributed by atoms with E-state index >= 15 is 0 Å². The minimum atomic E-state index is 0.223. The molecule has 132 valence electrons. The summed E-state index contributed by atoms with van der Waals surface area (Å²) in [6, 6.07) is 2.84. The standard InChI is InChI=1S/C17H28N6O/c1-5-14(6-2)23-8-7-13(20-23)10-22-11-15(24-4)9-16(22)17-19-18-12-21(17)3/h7-8,12,14-16H,5-6,9-11H2,1-4H3/t15-,16+/m1/s1. The Kier molecular flexibility index (Phi) is 5.30. The van der Waals surface area contributed by atoms with Crippen LogP contribution >= 0.6 is 0 Å². The van der Waals surface area contributed by atoms with Gasteiger partial charge in [0.2, 0.25) is 0 Å². The quantitative estimate of drug-likeness (QED) is 0.779.